The molecule has 0 unspecified atom stereocenters. The molecule has 0 spiro atoms. The Bertz CT molecular complexity index is 2340. The van der Waals surface area contributed by atoms with Crippen LogP contribution in [0.15, 0.2) is 65.3 Å². The first kappa shape index (κ1) is 24.0. The molecule has 0 atom stereocenters. The van der Waals surface area contributed by atoms with Crippen molar-refractivity contribution in [2.75, 3.05) is 0 Å². The van der Waals surface area contributed by atoms with Crippen molar-refractivity contribution in [1.29, 1.82) is 0 Å². The largest absolute Gasteiger partial charge is 0.485 e. The van der Waals surface area contributed by atoms with Crippen LogP contribution in [-0.2, 0) is 26.5 Å². The molecule has 0 aliphatic rings. The van der Waals surface area contributed by atoms with E-state index in [0.717, 1.165) is 22.0 Å². The summed E-state index contributed by atoms with van der Waals surface area (Å²) in [5, 5.41) is 1.02. The maximum Gasteiger partial charge on any atom is 0.211 e. The number of hydrogen-bond donors (Lipinski definition) is 0. The summed E-state index contributed by atoms with van der Waals surface area (Å²) in [6, 6.07) is 19.0. The summed E-state index contributed by atoms with van der Waals surface area (Å²) >= 11 is 0. The molecule has 5 nitrogen and oxygen atoms in total. The number of imidazole rings is 1. The molecular weight excluding hydrogens is 789 g/mol. The fourth-order valence-electron chi connectivity index (χ4n) is 4.99. The fourth-order valence-corrected chi connectivity index (χ4v) is 7.69. The van der Waals surface area contributed by atoms with E-state index in [-0.39, 0.29) is 42.4 Å². The number of rotatable bonds is 5. The van der Waals surface area contributed by atoms with E-state index in [2.05, 4.69) is 65.8 Å². The van der Waals surface area contributed by atoms with Gasteiger partial charge in [0.15, 0.2) is 0 Å². The summed E-state index contributed by atoms with van der Waals surface area (Å²) in [6.45, 7) is 12.0. The van der Waals surface area contributed by atoms with Crippen molar-refractivity contribution in [1.82, 2.24) is 19.4 Å². The van der Waals surface area contributed by atoms with E-state index in [1.165, 1.54) is 30.6 Å². The number of fused-ring (bicyclic) bond motifs is 3. The summed E-state index contributed by atoms with van der Waals surface area (Å²) in [5.41, 5.74) is 4.99. The van der Waals surface area contributed by atoms with Crippen LogP contribution in [0.1, 0.15) is 58.1 Å². The van der Waals surface area contributed by atoms with E-state index in [4.69, 9.17) is 24.5 Å². The zero-order valence-electron chi connectivity index (χ0n) is 39.3. The molecule has 0 amide bonds. The second-order valence-electron chi connectivity index (χ2n) is 14.5. The topological polar surface area (TPSA) is 56.2 Å². The molecule has 4 heterocycles. The molecule has 0 fully saturated rings. The number of benzene rings is 2. The summed E-state index contributed by atoms with van der Waals surface area (Å²) in [4.78, 5) is 13.7. The molecule has 0 aliphatic carbocycles. The van der Waals surface area contributed by atoms with Crippen LogP contribution < -0.4 is 10.8 Å². The van der Waals surface area contributed by atoms with Gasteiger partial charge in [0.25, 0.3) is 0 Å². The van der Waals surface area contributed by atoms with Crippen molar-refractivity contribution in [2.45, 2.75) is 87.0 Å². The van der Waals surface area contributed by atoms with Crippen LogP contribution in [-0.4, -0.2) is 35.5 Å². The van der Waals surface area contributed by atoms with Gasteiger partial charge in [0.2, 0.25) is 5.71 Å². The van der Waals surface area contributed by atoms with Crippen molar-refractivity contribution >= 4 is 43.7 Å². The Morgan fingerprint density at radius 1 is 0.872 bits per heavy atom. The molecule has 6 rings (SSSR count). The SMILES string of the molecule is [2H]C([2H])([2H])c1c[c-]c(-c2ccc(C([2H])([2H])[2H])cn2)cc1.[2H]C([2H])([2H])c1cnc(-c2[c-]ccc3c2oc2c([Si](C)(C)C)nc([Si](C)(C)C)n23)cc1C([2H])([2H])C(C)(C)C.[Ir]. The zero-order valence-corrected chi connectivity index (χ0v) is 32.7. The summed E-state index contributed by atoms with van der Waals surface area (Å²) in [6.07, 6.45) is 0.665. The third kappa shape index (κ3) is 8.29. The minimum atomic E-state index is -2.50. The Balaban J connectivity index is 0.000000300. The van der Waals surface area contributed by atoms with Gasteiger partial charge in [-0.25, -0.2) is 4.98 Å². The summed E-state index contributed by atoms with van der Waals surface area (Å²) in [7, 11) is -3.68. The molecule has 0 aliphatic heterocycles. The summed E-state index contributed by atoms with van der Waals surface area (Å²) in [5.74, 6) is 0. The van der Waals surface area contributed by atoms with E-state index in [1.807, 2.05) is 12.1 Å². The van der Waals surface area contributed by atoms with Gasteiger partial charge in [0, 0.05) is 53.1 Å². The van der Waals surface area contributed by atoms with Gasteiger partial charge in [-0.15, -0.1) is 53.6 Å². The molecule has 1 radical (unpaired) electrons. The second-order valence-corrected chi connectivity index (χ2v) is 24.4. The smallest absolute Gasteiger partial charge is 0.211 e. The van der Waals surface area contributed by atoms with Gasteiger partial charge < -0.3 is 14.4 Å². The summed E-state index contributed by atoms with van der Waals surface area (Å²) < 4.78 is 94.1. The standard InChI is InChI=1S/C26H36N3OSi2.C13H12N.Ir/c1-17-16-27-20(14-18(17)15-26(2,3)4)19-12-11-13-21-22(19)30-24-23(31(5,6)7)28-25(29(21)24)32(8,9)10;1-10-3-6-12(7-4-10)13-8-5-11(2)9-14-13;/h11,13-14,16H,15H2,1-10H3;3-6,8-9H,1-2H3;/q2*-1;/i1D3,15D2;1D3,2D3;. The number of pyridine rings is 2. The van der Waals surface area contributed by atoms with Crippen molar-refractivity contribution in [3.63, 3.8) is 0 Å². The fraction of sp³-hybridized carbons (Fsp3) is 0.359. The van der Waals surface area contributed by atoms with Gasteiger partial charge >= 0.3 is 0 Å². The molecule has 4 aromatic heterocycles. The average Bonchev–Trinajstić information content (AvgIpc) is 3.65. The molecule has 2 aromatic carbocycles. The van der Waals surface area contributed by atoms with Crippen LogP contribution in [0.5, 0.6) is 0 Å². The van der Waals surface area contributed by atoms with Gasteiger partial charge in [-0.3, -0.25) is 4.40 Å². The molecule has 0 saturated heterocycles. The number of nitrogens with zero attached hydrogens (tertiary/aromatic N) is 4. The number of hydrogen-bond acceptors (Lipinski definition) is 4. The van der Waals surface area contributed by atoms with Crippen LogP contribution in [0.25, 0.3) is 39.3 Å². The molecule has 47 heavy (non-hydrogen) atoms. The average molecular weight is 848 g/mol. The van der Waals surface area contributed by atoms with Crippen LogP contribution in [0.3, 0.4) is 0 Å². The van der Waals surface area contributed by atoms with Gasteiger partial charge in [-0.1, -0.05) is 96.2 Å². The molecule has 0 bridgehead atoms. The van der Waals surface area contributed by atoms with Gasteiger partial charge in [0.1, 0.15) is 16.1 Å². The van der Waals surface area contributed by atoms with Crippen LogP contribution in [0.4, 0.5) is 0 Å². The van der Waals surface area contributed by atoms with Crippen LogP contribution in [0, 0.1) is 38.1 Å². The third-order valence-corrected chi connectivity index (χ3v) is 10.5. The van der Waals surface area contributed by atoms with Crippen molar-refractivity contribution < 1.29 is 39.6 Å². The normalized spacial score (nSPS) is 16.7. The first-order chi connectivity index (χ1) is 25.8. The quantitative estimate of drug-likeness (QED) is 0.128. The van der Waals surface area contributed by atoms with Crippen molar-refractivity contribution in [2.24, 2.45) is 5.41 Å². The Morgan fingerprint density at radius 3 is 2.17 bits per heavy atom. The predicted octanol–water partition coefficient (Wildman–Crippen LogP) is 9.09. The molecule has 8 heteroatoms. The Morgan fingerprint density at radius 2 is 1.60 bits per heavy atom. The first-order valence-corrected chi connectivity index (χ1v) is 22.2. The first-order valence-electron chi connectivity index (χ1n) is 20.7. The monoisotopic (exact) mass is 848 g/mol. The van der Waals surface area contributed by atoms with Crippen molar-refractivity contribution in [3.8, 4) is 22.5 Å². The molecular formula is C39H48IrN4OSi2-2. The van der Waals surface area contributed by atoms with E-state index < -0.39 is 48.5 Å². The number of oxazole rings is 1. The maximum atomic E-state index is 8.87. The zero-order chi connectivity index (χ0) is 42.9. The van der Waals surface area contributed by atoms with E-state index in [1.54, 1.807) is 39.0 Å². The van der Waals surface area contributed by atoms with Crippen LogP contribution >= 0.6 is 0 Å². The van der Waals surface area contributed by atoms with Gasteiger partial charge in [0.05, 0.1) is 16.3 Å². The van der Waals surface area contributed by atoms with Crippen LogP contribution in [0.2, 0.25) is 39.3 Å². The Kier molecular flexibility index (Phi) is 7.03. The van der Waals surface area contributed by atoms with Crippen molar-refractivity contribution in [3.05, 3.63) is 95.3 Å². The van der Waals surface area contributed by atoms with E-state index in [0.29, 0.717) is 28.1 Å². The Hall–Kier alpha value is -3.17. The number of aryl methyl sites for hydroxylation is 3. The van der Waals surface area contributed by atoms with Gasteiger partial charge in [-0.05, 0) is 48.0 Å². The molecule has 249 valence electrons. The Labute approximate surface area is 312 Å². The van der Waals surface area contributed by atoms with E-state index in [9.17, 15) is 0 Å². The molecule has 0 saturated carbocycles. The minimum absolute atomic E-state index is 0. The predicted molar refractivity (Wildman–Crippen MR) is 199 cm³/mol. The van der Waals surface area contributed by atoms with Gasteiger partial charge in [-0.2, -0.15) is 0 Å². The molecule has 0 N–H and O–H groups in total. The maximum absolute atomic E-state index is 8.87. The van der Waals surface area contributed by atoms with E-state index >= 15 is 0 Å². The minimum Gasteiger partial charge on any atom is -0.485 e. The molecule has 6 aromatic rings. The second kappa shape index (κ2) is 13.8. The third-order valence-electron chi connectivity index (χ3n) is 7.11. The number of aromatic nitrogens is 4.